The van der Waals surface area contributed by atoms with E-state index in [1.165, 1.54) is 43.8 Å². The van der Waals surface area contributed by atoms with Gasteiger partial charge in [-0.3, -0.25) is 4.90 Å². The van der Waals surface area contributed by atoms with Crippen LogP contribution in [0.25, 0.3) is 0 Å². The second kappa shape index (κ2) is 8.62. The average molecular weight is 278 g/mol. The van der Waals surface area contributed by atoms with Gasteiger partial charge in [-0.25, -0.2) is 0 Å². The first-order valence-electron chi connectivity index (χ1n) is 7.47. The molecule has 0 saturated carbocycles. The highest BCUT2D eigenvalue weighted by molar-refractivity contribution is 7.99. The van der Waals surface area contributed by atoms with E-state index in [1.807, 2.05) is 0 Å². The zero-order valence-electron chi connectivity index (χ0n) is 12.0. The first-order chi connectivity index (χ1) is 9.38. The van der Waals surface area contributed by atoms with Crippen LogP contribution in [-0.2, 0) is 6.54 Å². The summed E-state index contributed by atoms with van der Waals surface area (Å²) in [4.78, 5) is 2.55. The van der Waals surface area contributed by atoms with Gasteiger partial charge in [0.2, 0.25) is 0 Å². The molecule has 0 bridgehead atoms. The van der Waals surface area contributed by atoms with Gasteiger partial charge in [-0.1, -0.05) is 37.3 Å². The van der Waals surface area contributed by atoms with E-state index >= 15 is 0 Å². The molecule has 1 fully saturated rings. The van der Waals surface area contributed by atoms with Crippen molar-refractivity contribution in [3.8, 4) is 0 Å². The third-order valence-corrected chi connectivity index (χ3v) is 5.10. The van der Waals surface area contributed by atoms with Crippen LogP contribution >= 0.6 is 11.8 Å². The smallest absolute Gasteiger partial charge is 0.0233 e. The maximum absolute atomic E-state index is 3.43. The number of rotatable bonds is 7. The number of nitrogens with one attached hydrogen (secondary N) is 1. The summed E-state index contributed by atoms with van der Waals surface area (Å²) in [5, 5.41) is 4.32. The molecule has 1 aliphatic rings. The Balaban J connectivity index is 1.67. The van der Waals surface area contributed by atoms with Gasteiger partial charge in [0.25, 0.3) is 0 Å². The van der Waals surface area contributed by atoms with Crippen LogP contribution in [0.15, 0.2) is 30.3 Å². The Kier molecular flexibility index (Phi) is 6.75. The molecule has 0 unspecified atom stereocenters. The van der Waals surface area contributed by atoms with E-state index < -0.39 is 0 Å². The fourth-order valence-electron chi connectivity index (χ4n) is 2.50. The van der Waals surface area contributed by atoms with Gasteiger partial charge in [0.05, 0.1) is 0 Å². The van der Waals surface area contributed by atoms with E-state index in [2.05, 4.69) is 59.2 Å². The molecule has 0 amide bonds. The van der Waals surface area contributed by atoms with Crippen LogP contribution in [-0.4, -0.2) is 42.1 Å². The number of nitrogens with zero attached hydrogens (tertiary/aromatic N) is 1. The molecular formula is C16H26N2S. The van der Waals surface area contributed by atoms with Gasteiger partial charge in [0.1, 0.15) is 0 Å². The second-order valence-corrected chi connectivity index (χ2v) is 6.58. The van der Waals surface area contributed by atoms with E-state index in [0.29, 0.717) is 0 Å². The highest BCUT2D eigenvalue weighted by Gasteiger charge is 2.13. The van der Waals surface area contributed by atoms with Gasteiger partial charge < -0.3 is 5.32 Å². The zero-order valence-corrected chi connectivity index (χ0v) is 12.8. The quantitative estimate of drug-likeness (QED) is 0.825. The summed E-state index contributed by atoms with van der Waals surface area (Å²) in [5.74, 6) is 1.27. The molecule has 1 aromatic carbocycles. The Labute approximate surface area is 122 Å². The summed E-state index contributed by atoms with van der Waals surface area (Å²) >= 11 is 2.17. The van der Waals surface area contributed by atoms with E-state index in [-0.39, 0.29) is 0 Å². The van der Waals surface area contributed by atoms with Gasteiger partial charge >= 0.3 is 0 Å². The molecule has 2 rings (SSSR count). The number of benzene rings is 1. The predicted octanol–water partition coefficient (Wildman–Crippen LogP) is 2.99. The molecule has 3 heteroatoms. The normalized spacial score (nSPS) is 16.9. The lowest BCUT2D eigenvalue weighted by atomic mass is 10.2. The van der Waals surface area contributed by atoms with Crippen molar-refractivity contribution in [3.63, 3.8) is 0 Å². The highest BCUT2D eigenvalue weighted by atomic mass is 32.2. The number of hydrogen-bond donors (Lipinski definition) is 1. The Bertz CT molecular complexity index is 336. The maximum Gasteiger partial charge on any atom is 0.0233 e. The molecule has 1 heterocycles. The minimum Gasteiger partial charge on any atom is -0.317 e. The summed E-state index contributed by atoms with van der Waals surface area (Å²) in [5.41, 5.74) is 1.43. The Morgan fingerprint density at radius 3 is 2.63 bits per heavy atom. The van der Waals surface area contributed by atoms with Crippen molar-refractivity contribution >= 4 is 11.8 Å². The molecule has 1 saturated heterocycles. The molecule has 1 N–H and O–H groups in total. The molecule has 0 spiro atoms. The van der Waals surface area contributed by atoms with Crippen molar-refractivity contribution in [2.75, 3.05) is 31.9 Å². The van der Waals surface area contributed by atoms with Crippen LogP contribution in [0.5, 0.6) is 0 Å². The van der Waals surface area contributed by atoms with Crippen molar-refractivity contribution < 1.29 is 0 Å². The van der Waals surface area contributed by atoms with Crippen molar-refractivity contribution in [1.29, 1.82) is 0 Å². The van der Waals surface area contributed by atoms with Crippen molar-refractivity contribution in [2.24, 2.45) is 0 Å². The SMILES string of the molecule is CCN(CCSC1CCNCC1)Cc1ccccc1. The highest BCUT2D eigenvalue weighted by Crippen LogP contribution is 2.20. The van der Waals surface area contributed by atoms with Crippen LogP contribution in [0.4, 0.5) is 0 Å². The summed E-state index contributed by atoms with van der Waals surface area (Å²) in [6, 6.07) is 10.8. The molecule has 0 radical (unpaired) electrons. The van der Waals surface area contributed by atoms with Gasteiger partial charge in [-0.2, -0.15) is 11.8 Å². The lowest BCUT2D eigenvalue weighted by Gasteiger charge is -2.24. The van der Waals surface area contributed by atoms with Crippen molar-refractivity contribution in [3.05, 3.63) is 35.9 Å². The third kappa shape index (κ3) is 5.55. The molecule has 19 heavy (non-hydrogen) atoms. The molecule has 2 nitrogen and oxygen atoms in total. The van der Waals surface area contributed by atoms with E-state index in [1.54, 1.807) is 0 Å². The van der Waals surface area contributed by atoms with Crippen LogP contribution in [0.3, 0.4) is 0 Å². The molecule has 0 atom stereocenters. The molecule has 1 aromatic rings. The Morgan fingerprint density at radius 2 is 1.95 bits per heavy atom. The van der Waals surface area contributed by atoms with Crippen LogP contribution in [0.1, 0.15) is 25.3 Å². The first-order valence-corrected chi connectivity index (χ1v) is 8.52. The fourth-order valence-corrected chi connectivity index (χ4v) is 3.77. The van der Waals surface area contributed by atoms with Gasteiger partial charge in [-0.15, -0.1) is 0 Å². The van der Waals surface area contributed by atoms with E-state index in [4.69, 9.17) is 0 Å². The van der Waals surface area contributed by atoms with Gasteiger partial charge in [0, 0.05) is 24.1 Å². The first kappa shape index (κ1) is 14.9. The molecule has 0 aliphatic carbocycles. The monoisotopic (exact) mass is 278 g/mol. The minimum absolute atomic E-state index is 0.886. The molecular weight excluding hydrogens is 252 g/mol. The largest absolute Gasteiger partial charge is 0.317 e. The standard InChI is InChI=1S/C16H26N2S/c1-2-18(14-15-6-4-3-5-7-15)12-13-19-16-8-10-17-11-9-16/h3-7,16-17H,2,8-14H2,1H3. The van der Waals surface area contributed by atoms with Crippen LogP contribution < -0.4 is 5.32 Å². The second-order valence-electron chi connectivity index (χ2n) is 5.17. The predicted molar refractivity (Wildman–Crippen MR) is 85.7 cm³/mol. The minimum atomic E-state index is 0.886. The van der Waals surface area contributed by atoms with Crippen molar-refractivity contribution in [2.45, 2.75) is 31.6 Å². The van der Waals surface area contributed by atoms with E-state index in [0.717, 1.165) is 18.3 Å². The van der Waals surface area contributed by atoms with Crippen molar-refractivity contribution in [1.82, 2.24) is 10.2 Å². The van der Waals surface area contributed by atoms with Crippen LogP contribution in [0.2, 0.25) is 0 Å². The number of thioether (sulfide) groups is 1. The Hall–Kier alpha value is -0.510. The summed E-state index contributed by atoms with van der Waals surface area (Å²) in [6.07, 6.45) is 2.69. The molecule has 106 valence electrons. The zero-order chi connectivity index (χ0) is 13.3. The van der Waals surface area contributed by atoms with Gasteiger partial charge in [0.15, 0.2) is 0 Å². The average Bonchev–Trinajstić information content (AvgIpc) is 2.48. The topological polar surface area (TPSA) is 15.3 Å². The summed E-state index contributed by atoms with van der Waals surface area (Å²) < 4.78 is 0. The number of piperidine rings is 1. The summed E-state index contributed by atoms with van der Waals surface area (Å²) in [6.45, 7) is 8.11. The fraction of sp³-hybridized carbons (Fsp3) is 0.625. The number of hydrogen-bond acceptors (Lipinski definition) is 3. The molecule has 1 aliphatic heterocycles. The molecule has 0 aromatic heterocycles. The Morgan fingerprint density at radius 1 is 1.21 bits per heavy atom. The lowest BCUT2D eigenvalue weighted by Crippen LogP contribution is -2.30. The third-order valence-electron chi connectivity index (χ3n) is 3.74. The summed E-state index contributed by atoms with van der Waals surface area (Å²) in [7, 11) is 0. The maximum atomic E-state index is 3.43. The van der Waals surface area contributed by atoms with Gasteiger partial charge in [-0.05, 0) is 38.0 Å². The van der Waals surface area contributed by atoms with Crippen LogP contribution in [0, 0.1) is 0 Å². The lowest BCUT2D eigenvalue weighted by molar-refractivity contribution is 0.298. The van der Waals surface area contributed by atoms with E-state index in [9.17, 15) is 0 Å².